The molecule has 1 aromatic carbocycles. The van der Waals surface area contributed by atoms with Gasteiger partial charge in [0.1, 0.15) is 18.3 Å². The average molecular weight is 453 g/mol. The summed E-state index contributed by atoms with van der Waals surface area (Å²) in [7, 11) is 0. The third kappa shape index (κ3) is 5.85. The summed E-state index contributed by atoms with van der Waals surface area (Å²) in [4.78, 5) is 29.6. The van der Waals surface area contributed by atoms with Gasteiger partial charge in [0, 0.05) is 11.2 Å². The number of nitrogens with zero attached hydrogens (tertiary/aromatic N) is 5. The van der Waals surface area contributed by atoms with Crippen molar-refractivity contribution in [3.63, 3.8) is 0 Å². The van der Waals surface area contributed by atoms with E-state index < -0.39 is 11.6 Å². The van der Waals surface area contributed by atoms with Crippen LogP contribution in [0.25, 0.3) is 11.6 Å². The van der Waals surface area contributed by atoms with Gasteiger partial charge >= 0.3 is 0 Å². The van der Waals surface area contributed by atoms with Crippen molar-refractivity contribution in [2.75, 3.05) is 4.90 Å². The third-order valence-electron chi connectivity index (χ3n) is 5.08. The molecule has 1 atom stereocenters. The first-order chi connectivity index (χ1) is 15.5. The Morgan fingerprint density at radius 2 is 1.88 bits per heavy atom. The van der Waals surface area contributed by atoms with Gasteiger partial charge in [0.15, 0.2) is 5.76 Å². The SMILES string of the molecule is CC[C@H](C(=O)NC(C)(C)C)N(C(=O)Cn1nnc(-c2ccc(C)o2)n1)c1cc(C)ccc1C. The minimum absolute atomic E-state index is 0.167. The van der Waals surface area contributed by atoms with E-state index in [0.29, 0.717) is 23.7 Å². The highest BCUT2D eigenvalue weighted by Crippen LogP contribution is 2.26. The van der Waals surface area contributed by atoms with Crippen LogP contribution in [0.15, 0.2) is 34.7 Å². The Morgan fingerprint density at radius 3 is 2.48 bits per heavy atom. The number of anilines is 1. The Balaban J connectivity index is 1.94. The van der Waals surface area contributed by atoms with Crippen molar-refractivity contribution in [3.8, 4) is 11.6 Å². The van der Waals surface area contributed by atoms with Crippen LogP contribution >= 0.6 is 0 Å². The van der Waals surface area contributed by atoms with Crippen LogP contribution in [0.3, 0.4) is 0 Å². The van der Waals surface area contributed by atoms with Crippen molar-refractivity contribution in [2.45, 2.75) is 73.0 Å². The fourth-order valence-electron chi connectivity index (χ4n) is 3.55. The molecule has 9 heteroatoms. The Morgan fingerprint density at radius 1 is 1.15 bits per heavy atom. The molecule has 1 N–H and O–H groups in total. The van der Waals surface area contributed by atoms with E-state index in [0.717, 1.165) is 16.9 Å². The summed E-state index contributed by atoms with van der Waals surface area (Å²) in [6.07, 6.45) is 0.447. The average Bonchev–Trinajstić information content (AvgIpc) is 3.35. The highest BCUT2D eigenvalue weighted by Gasteiger charge is 2.33. The van der Waals surface area contributed by atoms with Gasteiger partial charge in [-0.15, -0.1) is 10.2 Å². The van der Waals surface area contributed by atoms with Crippen LogP contribution < -0.4 is 10.2 Å². The van der Waals surface area contributed by atoms with Gasteiger partial charge in [-0.05, 0) is 82.5 Å². The van der Waals surface area contributed by atoms with Crippen LogP contribution in [0.4, 0.5) is 5.69 Å². The largest absolute Gasteiger partial charge is 0.458 e. The van der Waals surface area contributed by atoms with E-state index in [1.54, 1.807) is 11.0 Å². The van der Waals surface area contributed by atoms with Gasteiger partial charge in [0.2, 0.25) is 11.7 Å². The highest BCUT2D eigenvalue weighted by molar-refractivity contribution is 6.01. The Kier molecular flexibility index (Phi) is 7.00. The minimum Gasteiger partial charge on any atom is -0.458 e. The molecule has 0 aliphatic heterocycles. The molecule has 2 aromatic heterocycles. The minimum atomic E-state index is -0.687. The summed E-state index contributed by atoms with van der Waals surface area (Å²) in [5.41, 5.74) is 2.16. The fourth-order valence-corrected chi connectivity index (χ4v) is 3.55. The lowest BCUT2D eigenvalue weighted by Crippen LogP contribution is -2.54. The molecule has 0 spiro atoms. The first-order valence-corrected chi connectivity index (χ1v) is 11.0. The second-order valence-electron chi connectivity index (χ2n) is 9.27. The topological polar surface area (TPSA) is 106 Å². The number of nitrogens with one attached hydrogen (secondary N) is 1. The molecule has 3 rings (SSSR count). The maximum atomic E-state index is 13.6. The first-order valence-electron chi connectivity index (χ1n) is 11.0. The lowest BCUT2D eigenvalue weighted by Gasteiger charge is -2.33. The molecule has 3 aromatic rings. The van der Waals surface area contributed by atoms with Crippen molar-refractivity contribution in [1.29, 1.82) is 0 Å². The predicted octanol–water partition coefficient (Wildman–Crippen LogP) is 3.58. The quantitative estimate of drug-likeness (QED) is 0.587. The Bertz CT molecular complexity index is 1140. The lowest BCUT2D eigenvalue weighted by atomic mass is 10.0. The summed E-state index contributed by atoms with van der Waals surface area (Å²) in [5, 5.41) is 15.3. The lowest BCUT2D eigenvalue weighted by molar-refractivity contribution is -0.128. The molecule has 176 valence electrons. The Labute approximate surface area is 194 Å². The van der Waals surface area contributed by atoms with Gasteiger partial charge in [-0.25, -0.2) is 0 Å². The maximum Gasteiger partial charge on any atom is 0.251 e. The zero-order chi connectivity index (χ0) is 24.3. The molecule has 0 aliphatic carbocycles. The van der Waals surface area contributed by atoms with E-state index >= 15 is 0 Å². The van der Waals surface area contributed by atoms with Crippen LogP contribution in [0.5, 0.6) is 0 Å². The number of tetrazole rings is 1. The van der Waals surface area contributed by atoms with E-state index in [1.807, 2.05) is 72.7 Å². The molecule has 0 bridgehead atoms. The molecule has 0 fully saturated rings. The molecule has 9 nitrogen and oxygen atoms in total. The summed E-state index contributed by atoms with van der Waals surface area (Å²) in [6, 6.07) is 8.73. The summed E-state index contributed by atoms with van der Waals surface area (Å²) < 4.78 is 5.54. The van der Waals surface area contributed by atoms with Crippen molar-refractivity contribution < 1.29 is 14.0 Å². The van der Waals surface area contributed by atoms with Gasteiger partial charge in [-0.3, -0.25) is 14.5 Å². The number of benzene rings is 1. The summed E-state index contributed by atoms with van der Waals surface area (Å²) in [6.45, 7) is 13.2. The van der Waals surface area contributed by atoms with E-state index in [2.05, 4.69) is 20.7 Å². The summed E-state index contributed by atoms with van der Waals surface area (Å²) >= 11 is 0. The molecule has 0 unspecified atom stereocenters. The molecular weight excluding hydrogens is 420 g/mol. The predicted molar refractivity (Wildman–Crippen MR) is 126 cm³/mol. The first kappa shape index (κ1) is 24.2. The van der Waals surface area contributed by atoms with E-state index in [-0.39, 0.29) is 18.4 Å². The molecule has 0 radical (unpaired) electrons. The fraction of sp³-hybridized carbons (Fsp3) is 0.458. The number of hydrogen-bond acceptors (Lipinski definition) is 6. The number of carbonyl (C=O) groups excluding carboxylic acids is 2. The second kappa shape index (κ2) is 9.56. The number of hydrogen-bond donors (Lipinski definition) is 1. The maximum absolute atomic E-state index is 13.6. The van der Waals surface area contributed by atoms with Crippen LogP contribution in [0.2, 0.25) is 0 Å². The molecule has 33 heavy (non-hydrogen) atoms. The third-order valence-corrected chi connectivity index (χ3v) is 5.08. The molecular formula is C24H32N6O3. The van der Waals surface area contributed by atoms with E-state index in [9.17, 15) is 9.59 Å². The van der Waals surface area contributed by atoms with Crippen LogP contribution in [0, 0.1) is 20.8 Å². The Hall–Kier alpha value is -3.49. The number of rotatable bonds is 7. The van der Waals surface area contributed by atoms with Gasteiger partial charge in [-0.2, -0.15) is 4.80 Å². The number of furan rings is 1. The molecule has 0 saturated heterocycles. The number of amides is 2. The van der Waals surface area contributed by atoms with Gasteiger partial charge in [-0.1, -0.05) is 19.1 Å². The van der Waals surface area contributed by atoms with Gasteiger partial charge in [0.05, 0.1) is 0 Å². The zero-order valence-electron chi connectivity index (χ0n) is 20.3. The van der Waals surface area contributed by atoms with Crippen molar-refractivity contribution in [1.82, 2.24) is 25.5 Å². The molecule has 0 aliphatic rings. The van der Waals surface area contributed by atoms with Crippen molar-refractivity contribution >= 4 is 17.5 Å². The molecule has 2 amide bonds. The smallest absolute Gasteiger partial charge is 0.251 e. The van der Waals surface area contributed by atoms with Gasteiger partial charge in [0.25, 0.3) is 5.91 Å². The number of aryl methyl sites for hydroxylation is 3. The van der Waals surface area contributed by atoms with Crippen molar-refractivity contribution in [3.05, 3.63) is 47.2 Å². The molecule has 0 saturated carbocycles. The van der Waals surface area contributed by atoms with Crippen LogP contribution in [-0.4, -0.2) is 43.6 Å². The normalized spacial score (nSPS) is 12.5. The standard InChI is InChI=1S/C24H32N6O3/c1-8-18(23(32)25-24(5,6)7)30(19-13-15(2)9-10-16(19)3)21(31)14-29-27-22(26-28-29)20-12-11-17(4)33-20/h9-13,18H,8,14H2,1-7H3,(H,25,32)/t18-/m1/s1. The van der Waals surface area contributed by atoms with Crippen LogP contribution in [0.1, 0.15) is 51.0 Å². The summed E-state index contributed by atoms with van der Waals surface area (Å²) in [5.74, 6) is 0.992. The van der Waals surface area contributed by atoms with E-state index in [1.165, 1.54) is 4.80 Å². The zero-order valence-corrected chi connectivity index (χ0v) is 20.3. The second-order valence-corrected chi connectivity index (χ2v) is 9.27. The van der Waals surface area contributed by atoms with E-state index in [4.69, 9.17) is 4.42 Å². The van der Waals surface area contributed by atoms with Crippen molar-refractivity contribution in [2.24, 2.45) is 0 Å². The number of aromatic nitrogens is 4. The van der Waals surface area contributed by atoms with Gasteiger partial charge < -0.3 is 9.73 Å². The monoisotopic (exact) mass is 452 g/mol. The highest BCUT2D eigenvalue weighted by atomic mass is 16.3. The molecule has 2 heterocycles. The van der Waals surface area contributed by atoms with Crippen LogP contribution in [-0.2, 0) is 16.1 Å². The number of carbonyl (C=O) groups is 2.